The van der Waals surface area contributed by atoms with E-state index in [1.54, 1.807) is 4.68 Å². The first-order chi connectivity index (χ1) is 10.8. The number of guanidine groups is 1. The summed E-state index contributed by atoms with van der Waals surface area (Å²) in [4.78, 5) is 4.55. The molecule has 7 heteroatoms. The normalized spacial score (nSPS) is 18.6. The third kappa shape index (κ3) is 6.03. The van der Waals surface area contributed by atoms with Crippen LogP contribution in [0.3, 0.4) is 0 Å². The maximum Gasteiger partial charge on any atom is 0.191 e. The maximum atomic E-state index is 5.74. The molecule has 0 bridgehead atoms. The summed E-state index contributed by atoms with van der Waals surface area (Å²) in [5.41, 5.74) is 1.10. The molecule has 1 aromatic heterocycles. The standard InChI is InChI=1S/C15H27N5O2/c1-3-16-15(18-9-13-10-19-20(2)11-13)17-6-4-7-22-14-5-8-21-12-14/h10-11,14H,3-9,12H2,1-2H3,(H2,16,17,18). The Morgan fingerprint density at radius 2 is 2.45 bits per heavy atom. The van der Waals surface area contributed by atoms with Gasteiger partial charge in [-0.05, 0) is 19.8 Å². The fraction of sp³-hybridized carbons (Fsp3) is 0.733. The number of rotatable bonds is 8. The summed E-state index contributed by atoms with van der Waals surface area (Å²) in [5, 5.41) is 10.7. The topological polar surface area (TPSA) is 72.7 Å². The number of aromatic nitrogens is 2. The van der Waals surface area contributed by atoms with Crippen molar-refractivity contribution >= 4 is 5.96 Å². The van der Waals surface area contributed by atoms with Gasteiger partial charge in [-0.15, -0.1) is 0 Å². The molecule has 0 radical (unpaired) electrons. The molecular formula is C15H27N5O2. The lowest BCUT2D eigenvalue weighted by Gasteiger charge is -2.12. The van der Waals surface area contributed by atoms with Crippen LogP contribution in [0, 0.1) is 0 Å². The Morgan fingerprint density at radius 3 is 3.14 bits per heavy atom. The van der Waals surface area contributed by atoms with E-state index in [9.17, 15) is 0 Å². The zero-order chi connectivity index (χ0) is 15.6. The molecule has 0 aromatic carbocycles. The van der Waals surface area contributed by atoms with E-state index in [1.165, 1.54) is 0 Å². The van der Waals surface area contributed by atoms with Gasteiger partial charge in [0.15, 0.2) is 5.96 Å². The van der Waals surface area contributed by atoms with E-state index in [-0.39, 0.29) is 6.10 Å². The van der Waals surface area contributed by atoms with Crippen molar-refractivity contribution in [2.45, 2.75) is 32.4 Å². The molecule has 1 saturated heterocycles. The Bertz CT molecular complexity index is 455. The van der Waals surface area contributed by atoms with Crippen LogP contribution in [-0.2, 0) is 23.1 Å². The molecule has 0 spiro atoms. The molecule has 0 saturated carbocycles. The molecule has 1 aliphatic rings. The minimum Gasteiger partial charge on any atom is -0.379 e. The largest absolute Gasteiger partial charge is 0.379 e. The highest BCUT2D eigenvalue weighted by molar-refractivity contribution is 5.79. The van der Waals surface area contributed by atoms with Gasteiger partial charge in [-0.1, -0.05) is 0 Å². The fourth-order valence-corrected chi connectivity index (χ4v) is 2.24. The lowest BCUT2D eigenvalue weighted by Crippen LogP contribution is -2.38. The zero-order valence-electron chi connectivity index (χ0n) is 13.5. The van der Waals surface area contributed by atoms with Crippen LogP contribution in [0.2, 0.25) is 0 Å². The smallest absolute Gasteiger partial charge is 0.191 e. The summed E-state index contributed by atoms with van der Waals surface area (Å²) >= 11 is 0. The van der Waals surface area contributed by atoms with Crippen LogP contribution in [-0.4, -0.2) is 54.8 Å². The third-order valence-corrected chi connectivity index (χ3v) is 3.38. The lowest BCUT2D eigenvalue weighted by molar-refractivity contribution is 0.0420. The first-order valence-electron chi connectivity index (χ1n) is 7.97. The second-order valence-electron chi connectivity index (χ2n) is 5.35. The van der Waals surface area contributed by atoms with Crippen LogP contribution in [0.4, 0.5) is 0 Å². The van der Waals surface area contributed by atoms with Gasteiger partial charge in [-0.2, -0.15) is 5.10 Å². The minimum atomic E-state index is 0.285. The number of hydrogen-bond acceptors (Lipinski definition) is 4. The van der Waals surface area contributed by atoms with Gasteiger partial charge in [-0.25, -0.2) is 4.99 Å². The molecule has 1 unspecified atom stereocenters. The SMILES string of the molecule is CCNC(=NCc1cnn(C)c1)NCCCOC1CCOC1. The number of ether oxygens (including phenoxy) is 2. The van der Waals surface area contributed by atoms with Crippen LogP contribution in [0.15, 0.2) is 17.4 Å². The Kier molecular flexibility index (Phi) is 7.18. The summed E-state index contributed by atoms with van der Waals surface area (Å²) in [6.45, 7) is 6.69. The number of nitrogens with one attached hydrogen (secondary N) is 2. The average molecular weight is 309 g/mol. The quantitative estimate of drug-likeness (QED) is 0.419. The summed E-state index contributed by atoms with van der Waals surface area (Å²) in [6.07, 6.45) is 6.07. The number of nitrogens with zero attached hydrogens (tertiary/aromatic N) is 3. The average Bonchev–Trinajstić information content (AvgIpc) is 3.16. The first kappa shape index (κ1) is 16.8. The van der Waals surface area contributed by atoms with Crippen LogP contribution < -0.4 is 10.6 Å². The molecule has 2 heterocycles. The van der Waals surface area contributed by atoms with Crippen LogP contribution in [0.25, 0.3) is 0 Å². The van der Waals surface area contributed by atoms with E-state index in [1.807, 2.05) is 19.4 Å². The van der Waals surface area contributed by atoms with E-state index in [0.717, 1.165) is 57.3 Å². The van der Waals surface area contributed by atoms with E-state index in [4.69, 9.17) is 9.47 Å². The third-order valence-electron chi connectivity index (χ3n) is 3.38. The number of aryl methyl sites for hydroxylation is 1. The second kappa shape index (κ2) is 9.42. The molecule has 1 aliphatic heterocycles. The molecule has 0 amide bonds. The lowest BCUT2D eigenvalue weighted by atomic mass is 10.3. The Hall–Kier alpha value is -1.60. The van der Waals surface area contributed by atoms with Crippen LogP contribution in [0.1, 0.15) is 25.3 Å². The Balaban J connectivity index is 1.64. The predicted octanol–water partition coefficient (Wildman–Crippen LogP) is 0.671. The van der Waals surface area contributed by atoms with Crippen molar-refractivity contribution in [2.75, 3.05) is 32.9 Å². The van der Waals surface area contributed by atoms with Gasteiger partial charge in [0.05, 0.1) is 25.5 Å². The molecule has 22 heavy (non-hydrogen) atoms. The van der Waals surface area contributed by atoms with Crippen molar-refractivity contribution in [3.8, 4) is 0 Å². The summed E-state index contributed by atoms with van der Waals surface area (Å²) in [5.74, 6) is 0.829. The molecule has 2 rings (SSSR count). The molecule has 1 aromatic rings. The van der Waals surface area contributed by atoms with Gasteiger partial charge in [-0.3, -0.25) is 4.68 Å². The van der Waals surface area contributed by atoms with Gasteiger partial charge in [0.2, 0.25) is 0 Å². The van der Waals surface area contributed by atoms with Crippen molar-refractivity contribution < 1.29 is 9.47 Å². The van der Waals surface area contributed by atoms with Gasteiger partial charge < -0.3 is 20.1 Å². The summed E-state index contributed by atoms with van der Waals surface area (Å²) in [7, 11) is 1.91. The molecule has 124 valence electrons. The van der Waals surface area contributed by atoms with E-state index >= 15 is 0 Å². The Morgan fingerprint density at radius 1 is 1.55 bits per heavy atom. The van der Waals surface area contributed by atoms with Crippen molar-refractivity contribution in [3.63, 3.8) is 0 Å². The molecule has 7 nitrogen and oxygen atoms in total. The van der Waals surface area contributed by atoms with E-state index in [2.05, 4.69) is 27.6 Å². The Labute approximate surface area is 132 Å². The number of aliphatic imine (C=N–C) groups is 1. The number of hydrogen-bond donors (Lipinski definition) is 2. The predicted molar refractivity (Wildman–Crippen MR) is 85.8 cm³/mol. The van der Waals surface area contributed by atoms with Gasteiger partial charge in [0, 0.05) is 45.1 Å². The van der Waals surface area contributed by atoms with Crippen molar-refractivity contribution in [3.05, 3.63) is 18.0 Å². The van der Waals surface area contributed by atoms with E-state index in [0.29, 0.717) is 6.54 Å². The fourth-order valence-electron chi connectivity index (χ4n) is 2.24. The first-order valence-corrected chi connectivity index (χ1v) is 7.97. The van der Waals surface area contributed by atoms with Crippen molar-refractivity contribution in [2.24, 2.45) is 12.0 Å². The van der Waals surface area contributed by atoms with E-state index < -0.39 is 0 Å². The summed E-state index contributed by atoms with van der Waals surface area (Å²) in [6, 6.07) is 0. The molecule has 1 fully saturated rings. The maximum absolute atomic E-state index is 5.74. The highest BCUT2D eigenvalue weighted by Gasteiger charge is 2.15. The van der Waals surface area contributed by atoms with Gasteiger partial charge in [0.1, 0.15) is 0 Å². The van der Waals surface area contributed by atoms with Crippen molar-refractivity contribution in [1.82, 2.24) is 20.4 Å². The highest BCUT2D eigenvalue weighted by Crippen LogP contribution is 2.07. The minimum absolute atomic E-state index is 0.285. The second-order valence-corrected chi connectivity index (χ2v) is 5.35. The monoisotopic (exact) mass is 309 g/mol. The van der Waals surface area contributed by atoms with Crippen LogP contribution >= 0.6 is 0 Å². The van der Waals surface area contributed by atoms with Crippen molar-refractivity contribution in [1.29, 1.82) is 0 Å². The highest BCUT2D eigenvalue weighted by atomic mass is 16.5. The van der Waals surface area contributed by atoms with Crippen LogP contribution in [0.5, 0.6) is 0 Å². The molecular weight excluding hydrogens is 282 g/mol. The molecule has 0 aliphatic carbocycles. The van der Waals surface area contributed by atoms with Gasteiger partial charge >= 0.3 is 0 Å². The summed E-state index contributed by atoms with van der Waals surface area (Å²) < 4.78 is 12.8. The molecule has 2 N–H and O–H groups in total. The van der Waals surface area contributed by atoms with Gasteiger partial charge in [0.25, 0.3) is 0 Å². The molecule has 1 atom stereocenters. The zero-order valence-corrected chi connectivity index (χ0v) is 13.5.